The van der Waals surface area contributed by atoms with Crippen LogP contribution in [0, 0.1) is 5.82 Å². The highest BCUT2D eigenvalue weighted by Gasteiger charge is 2.15. The van der Waals surface area contributed by atoms with Crippen molar-refractivity contribution in [1.82, 2.24) is 5.32 Å². The van der Waals surface area contributed by atoms with E-state index in [0.29, 0.717) is 0 Å². The van der Waals surface area contributed by atoms with E-state index in [1.54, 1.807) is 0 Å². The summed E-state index contributed by atoms with van der Waals surface area (Å²) in [6.45, 7) is 10.00. The Morgan fingerprint density at radius 2 is 1.52 bits per heavy atom. The van der Waals surface area contributed by atoms with Gasteiger partial charge >= 0.3 is 0 Å². The van der Waals surface area contributed by atoms with Gasteiger partial charge in [-0.25, -0.2) is 4.39 Å². The largest absolute Gasteiger partial charge is 0.306 e. The predicted molar refractivity (Wildman–Crippen MR) is 91.1 cm³/mol. The van der Waals surface area contributed by atoms with Crippen molar-refractivity contribution in [3.05, 3.63) is 65.5 Å². The van der Waals surface area contributed by atoms with Gasteiger partial charge in [0.15, 0.2) is 0 Å². The summed E-state index contributed by atoms with van der Waals surface area (Å²) in [6, 6.07) is 15.8. The molecule has 3 heteroatoms. The molecule has 0 aliphatic heterocycles. The molecule has 0 bridgehead atoms. The Balaban J connectivity index is 1.95. The van der Waals surface area contributed by atoms with Crippen molar-refractivity contribution in [1.29, 1.82) is 0 Å². The predicted octanol–water partition coefficient (Wildman–Crippen LogP) is 4.22. The van der Waals surface area contributed by atoms with E-state index in [-0.39, 0.29) is 11.9 Å². The number of hydrogen-bond acceptors (Lipinski definition) is 1. The van der Waals surface area contributed by atoms with Gasteiger partial charge in [0.2, 0.25) is 0 Å². The lowest BCUT2D eigenvalue weighted by atomic mass is 10.1. The van der Waals surface area contributed by atoms with Crippen LogP contribution in [0.5, 0.6) is 0 Å². The molecule has 0 saturated carbocycles. The van der Waals surface area contributed by atoms with Crippen molar-refractivity contribution < 1.29 is 4.39 Å². The van der Waals surface area contributed by atoms with E-state index in [9.17, 15) is 4.39 Å². The van der Waals surface area contributed by atoms with Crippen molar-refractivity contribution in [2.45, 2.75) is 39.2 Å². The van der Waals surface area contributed by atoms with Crippen LogP contribution in [-0.2, 0) is 6.54 Å². The first-order valence-electron chi connectivity index (χ1n) is 7.44. The maximum absolute atomic E-state index is 12.9. The molecule has 112 valence electrons. The lowest BCUT2D eigenvalue weighted by Crippen LogP contribution is -2.37. The van der Waals surface area contributed by atoms with E-state index >= 15 is 0 Å². The summed E-state index contributed by atoms with van der Waals surface area (Å²) >= 11 is 0. The number of halogens is 1. The minimum Gasteiger partial charge on any atom is -0.306 e. The fourth-order valence-corrected chi connectivity index (χ4v) is 3.43. The van der Waals surface area contributed by atoms with E-state index in [2.05, 4.69) is 56.1 Å². The fourth-order valence-electron chi connectivity index (χ4n) is 2.26. The lowest BCUT2D eigenvalue weighted by Gasteiger charge is -2.18. The van der Waals surface area contributed by atoms with Gasteiger partial charge < -0.3 is 5.32 Å². The summed E-state index contributed by atoms with van der Waals surface area (Å²) in [6.07, 6.45) is 0. The third-order valence-corrected chi connectivity index (χ3v) is 5.87. The number of rotatable bonds is 5. The molecule has 0 aromatic heterocycles. The van der Waals surface area contributed by atoms with Gasteiger partial charge in [-0.15, -0.1) is 0 Å². The van der Waals surface area contributed by atoms with Crippen LogP contribution in [-0.4, -0.2) is 8.07 Å². The number of hydrogen-bond donors (Lipinski definition) is 1. The Bertz CT molecular complexity index is 570. The van der Waals surface area contributed by atoms with Crippen molar-refractivity contribution in [3.8, 4) is 0 Å². The van der Waals surface area contributed by atoms with Gasteiger partial charge in [-0.2, -0.15) is 0 Å². The molecule has 0 fully saturated rings. The highest BCUT2D eigenvalue weighted by atomic mass is 28.3. The van der Waals surface area contributed by atoms with Crippen LogP contribution in [0.4, 0.5) is 4.39 Å². The highest BCUT2D eigenvalue weighted by Crippen LogP contribution is 2.13. The van der Waals surface area contributed by atoms with Gasteiger partial charge in [0.1, 0.15) is 5.82 Å². The van der Waals surface area contributed by atoms with Gasteiger partial charge in [0.25, 0.3) is 0 Å². The van der Waals surface area contributed by atoms with Gasteiger partial charge in [-0.3, -0.25) is 0 Å². The first kappa shape index (κ1) is 15.9. The summed E-state index contributed by atoms with van der Waals surface area (Å²) in [7, 11) is -1.21. The first-order valence-corrected chi connectivity index (χ1v) is 10.9. The smallest absolute Gasteiger partial charge is 0.123 e. The molecule has 1 nitrogen and oxygen atoms in total. The standard InChI is InChI=1S/C18H24FNSi/c1-14(16-7-9-17(19)10-8-16)20-13-15-5-11-18(12-6-15)21(2,3)4/h5-12,14,20H,13H2,1-4H3/t14-/m1/s1. The van der Waals surface area contributed by atoms with E-state index < -0.39 is 8.07 Å². The summed E-state index contributed by atoms with van der Waals surface area (Å²) in [4.78, 5) is 0. The molecular formula is C18H24FNSi. The summed E-state index contributed by atoms with van der Waals surface area (Å²) in [5.41, 5.74) is 2.39. The van der Waals surface area contributed by atoms with E-state index in [1.807, 2.05) is 12.1 Å². The topological polar surface area (TPSA) is 12.0 Å². The molecule has 2 rings (SSSR count). The second kappa shape index (κ2) is 6.54. The Hall–Kier alpha value is -1.45. The Kier molecular flexibility index (Phi) is 4.96. The van der Waals surface area contributed by atoms with Gasteiger partial charge in [0.05, 0.1) is 8.07 Å². The van der Waals surface area contributed by atoms with Crippen LogP contribution in [0.2, 0.25) is 19.6 Å². The second-order valence-corrected chi connectivity index (χ2v) is 11.7. The molecule has 0 heterocycles. The van der Waals surface area contributed by atoms with E-state index in [0.717, 1.165) is 12.1 Å². The minimum atomic E-state index is -1.21. The third kappa shape index (κ3) is 4.51. The maximum Gasteiger partial charge on any atom is 0.123 e. The molecule has 2 aromatic rings. The monoisotopic (exact) mass is 301 g/mol. The SMILES string of the molecule is C[C@@H](NCc1ccc([Si](C)(C)C)cc1)c1ccc(F)cc1. The zero-order valence-corrected chi connectivity index (χ0v) is 14.3. The Labute approximate surface area is 128 Å². The molecule has 21 heavy (non-hydrogen) atoms. The molecule has 0 saturated heterocycles. The number of nitrogens with one attached hydrogen (secondary N) is 1. The molecular weight excluding hydrogens is 277 g/mol. The van der Waals surface area contributed by atoms with Crippen molar-refractivity contribution in [2.75, 3.05) is 0 Å². The van der Waals surface area contributed by atoms with Gasteiger partial charge in [-0.1, -0.05) is 61.2 Å². The molecule has 0 aliphatic carbocycles. The van der Waals surface area contributed by atoms with Crippen molar-refractivity contribution in [3.63, 3.8) is 0 Å². The quantitative estimate of drug-likeness (QED) is 0.815. The van der Waals surface area contributed by atoms with Crippen LogP contribution in [0.3, 0.4) is 0 Å². The van der Waals surface area contributed by atoms with E-state index in [1.165, 1.54) is 22.9 Å². The molecule has 0 unspecified atom stereocenters. The molecule has 2 aromatic carbocycles. The summed E-state index contributed by atoms with van der Waals surface area (Å²) < 4.78 is 12.9. The third-order valence-electron chi connectivity index (χ3n) is 3.80. The highest BCUT2D eigenvalue weighted by molar-refractivity contribution is 6.88. The molecule has 0 amide bonds. The molecule has 1 N–H and O–H groups in total. The van der Waals surface area contributed by atoms with E-state index in [4.69, 9.17) is 0 Å². The molecule has 0 spiro atoms. The van der Waals surface area contributed by atoms with Crippen LogP contribution in [0.1, 0.15) is 24.1 Å². The molecule has 1 atom stereocenters. The zero-order valence-electron chi connectivity index (χ0n) is 13.3. The normalized spacial score (nSPS) is 13.2. The minimum absolute atomic E-state index is 0.187. The molecule has 0 radical (unpaired) electrons. The summed E-state index contributed by atoms with van der Waals surface area (Å²) in [5, 5.41) is 4.97. The maximum atomic E-state index is 12.9. The van der Waals surface area contributed by atoms with Gasteiger partial charge in [-0.05, 0) is 30.2 Å². The molecule has 0 aliphatic rings. The van der Waals surface area contributed by atoms with Crippen LogP contribution < -0.4 is 10.5 Å². The van der Waals surface area contributed by atoms with Crippen LogP contribution in [0.25, 0.3) is 0 Å². The fraction of sp³-hybridized carbons (Fsp3) is 0.333. The summed E-state index contributed by atoms with van der Waals surface area (Å²) in [5.74, 6) is -0.187. The Morgan fingerprint density at radius 1 is 0.952 bits per heavy atom. The zero-order chi connectivity index (χ0) is 15.5. The average molecular weight is 301 g/mol. The van der Waals surface area contributed by atoms with Crippen LogP contribution >= 0.6 is 0 Å². The Morgan fingerprint density at radius 3 is 2.05 bits per heavy atom. The van der Waals surface area contributed by atoms with Crippen molar-refractivity contribution >= 4 is 13.3 Å². The first-order chi connectivity index (χ1) is 9.86. The van der Waals surface area contributed by atoms with Gasteiger partial charge in [0, 0.05) is 12.6 Å². The number of benzene rings is 2. The second-order valence-electron chi connectivity index (χ2n) is 6.60. The average Bonchev–Trinajstić information content (AvgIpc) is 2.45. The lowest BCUT2D eigenvalue weighted by molar-refractivity contribution is 0.571. The van der Waals surface area contributed by atoms with Crippen LogP contribution in [0.15, 0.2) is 48.5 Å². The van der Waals surface area contributed by atoms with Crippen molar-refractivity contribution in [2.24, 2.45) is 0 Å².